The van der Waals surface area contributed by atoms with Crippen molar-refractivity contribution in [3.63, 3.8) is 0 Å². The van der Waals surface area contributed by atoms with Crippen molar-refractivity contribution in [3.05, 3.63) is 63.8 Å². The minimum absolute atomic E-state index is 0.214. The van der Waals surface area contributed by atoms with E-state index in [1.807, 2.05) is 13.8 Å². The Morgan fingerprint density at radius 3 is 2.45 bits per heavy atom. The SMILES string of the molecule is CCC1C=C(COC(=O)C(=C(C)C)c2cc3c(cc2C)CCN(C(C)C)CC3)C=CC1. The van der Waals surface area contributed by atoms with Gasteiger partial charge < -0.3 is 9.64 Å². The molecule has 1 unspecified atom stereocenters. The zero-order chi connectivity index (χ0) is 22.5. The van der Waals surface area contributed by atoms with Crippen molar-refractivity contribution in [2.75, 3.05) is 19.7 Å². The lowest BCUT2D eigenvalue weighted by atomic mass is 9.90. The zero-order valence-corrected chi connectivity index (χ0v) is 20.3. The molecule has 0 saturated carbocycles. The molecule has 1 heterocycles. The molecule has 0 bridgehead atoms. The summed E-state index contributed by atoms with van der Waals surface area (Å²) in [4.78, 5) is 15.7. The van der Waals surface area contributed by atoms with Gasteiger partial charge in [-0.3, -0.25) is 0 Å². The molecule has 0 amide bonds. The second-order valence-electron chi connectivity index (χ2n) is 9.56. The normalized spacial score (nSPS) is 18.9. The standard InChI is InChI=1S/C28H39NO2/c1-7-22-9-8-10-23(16-22)18-31-28(30)27(19(2)3)26-17-25-12-14-29(20(4)5)13-11-24(25)15-21(26)6/h8,10,15-17,20,22H,7,9,11-14,18H2,1-6H3. The summed E-state index contributed by atoms with van der Waals surface area (Å²) in [7, 11) is 0. The predicted molar refractivity (Wildman–Crippen MR) is 130 cm³/mol. The van der Waals surface area contributed by atoms with E-state index in [-0.39, 0.29) is 5.97 Å². The van der Waals surface area contributed by atoms with Crippen molar-refractivity contribution >= 4 is 11.5 Å². The van der Waals surface area contributed by atoms with Crippen LogP contribution in [0.5, 0.6) is 0 Å². The summed E-state index contributed by atoms with van der Waals surface area (Å²) in [6, 6.07) is 5.11. The lowest BCUT2D eigenvalue weighted by Crippen LogP contribution is -2.32. The summed E-state index contributed by atoms with van der Waals surface area (Å²) in [5, 5.41) is 0. The van der Waals surface area contributed by atoms with Crippen LogP contribution in [0.3, 0.4) is 0 Å². The smallest absolute Gasteiger partial charge is 0.339 e. The molecule has 0 spiro atoms. The number of carbonyl (C=O) groups is 1. The molecular weight excluding hydrogens is 382 g/mol. The van der Waals surface area contributed by atoms with Crippen LogP contribution in [0.2, 0.25) is 0 Å². The summed E-state index contributed by atoms with van der Waals surface area (Å²) in [6.07, 6.45) is 10.8. The molecule has 1 aromatic carbocycles. The maximum atomic E-state index is 13.2. The average Bonchev–Trinajstić information content (AvgIpc) is 2.94. The van der Waals surface area contributed by atoms with Gasteiger partial charge in [0.05, 0.1) is 5.57 Å². The molecule has 3 nitrogen and oxygen atoms in total. The van der Waals surface area contributed by atoms with Gasteiger partial charge in [0.15, 0.2) is 0 Å². The lowest BCUT2D eigenvalue weighted by molar-refractivity contribution is -0.135. The van der Waals surface area contributed by atoms with E-state index in [0.29, 0.717) is 18.6 Å². The molecule has 2 aliphatic rings. The highest BCUT2D eigenvalue weighted by atomic mass is 16.5. The van der Waals surface area contributed by atoms with E-state index < -0.39 is 0 Å². The average molecular weight is 422 g/mol. The number of ether oxygens (including phenoxy) is 1. The molecule has 0 saturated heterocycles. The Bertz CT molecular complexity index is 900. The molecular formula is C28H39NO2. The van der Waals surface area contributed by atoms with Gasteiger partial charge >= 0.3 is 5.97 Å². The first-order valence-corrected chi connectivity index (χ1v) is 11.9. The van der Waals surface area contributed by atoms with Gasteiger partial charge in [0.1, 0.15) is 6.61 Å². The molecule has 1 aliphatic heterocycles. The Kier molecular flexibility index (Phi) is 7.94. The third kappa shape index (κ3) is 5.77. The van der Waals surface area contributed by atoms with Crippen LogP contribution in [0.15, 0.2) is 41.5 Å². The highest BCUT2D eigenvalue weighted by Gasteiger charge is 2.22. The maximum absolute atomic E-state index is 13.2. The second kappa shape index (κ2) is 10.5. The second-order valence-corrected chi connectivity index (χ2v) is 9.56. The van der Waals surface area contributed by atoms with Gasteiger partial charge in [-0.15, -0.1) is 0 Å². The third-order valence-electron chi connectivity index (χ3n) is 6.70. The minimum Gasteiger partial charge on any atom is -0.457 e. The molecule has 3 heteroatoms. The summed E-state index contributed by atoms with van der Waals surface area (Å²) >= 11 is 0. The zero-order valence-electron chi connectivity index (χ0n) is 20.3. The lowest BCUT2D eigenvalue weighted by Gasteiger charge is -2.23. The summed E-state index contributed by atoms with van der Waals surface area (Å²) in [5.41, 5.74) is 7.82. The predicted octanol–water partition coefficient (Wildman–Crippen LogP) is 6.05. The fourth-order valence-electron chi connectivity index (χ4n) is 4.71. The summed E-state index contributed by atoms with van der Waals surface area (Å²) in [5.74, 6) is 0.340. The van der Waals surface area contributed by atoms with E-state index in [1.54, 1.807) is 0 Å². The maximum Gasteiger partial charge on any atom is 0.339 e. The highest BCUT2D eigenvalue weighted by molar-refractivity contribution is 6.17. The van der Waals surface area contributed by atoms with Crippen LogP contribution >= 0.6 is 0 Å². The number of hydrogen-bond acceptors (Lipinski definition) is 3. The largest absolute Gasteiger partial charge is 0.457 e. The Morgan fingerprint density at radius 1 is 1.16 bits per heavy atom. The monoisotopic (exact) mass is 421 g/mol. The van der Waals surface area contributed by atoms with Crippen molar-refractivity contribution in [2.24, 2.45) is 5.92 Å². The van der Waals surface area contributed by atoms with Crippen LogP contribution in [-0.4, -0.2) is 36.6 Å². The Balaban J connectivity index is 1.81. The molecule has 0 radical (unpaired) electrons. The number of fused-ring (bicyclic) bond motifs is 1. The van der Waals surface area contributed by atoms with Crippen LogP contribution < -0.4 is 0 Å². The van der Waals surface area contributed by atoms with E-state index in [4.69, 9.17) is 4.74 Å². The van der Waals surface area contributed by atoms with E-state index >= 15 is 0 Å². The van der Waals surface area contributed by atoms with Gasteiger partial charge in [-0.25, -0.2) is 4.79 Å². The van der Waals surface area contributed by atoms with Gasteiger partial charge in [0.25, 0.3) is 0 Å². The Labute approximate surface area is 188 Å². The third-order valence-corrected chi connectivity index (χ3v) is 6.70. The van der Waals surface area contributed by atoms with Crippen molar-refractivity contribution in [1.29, 1.82) is 0 Å². The molecule has 3 rings (SSSR count). The van der Waals surface area contributed by atoms with Crippen molar-refractivity contribution in [1.82, 2.24) is 4.90 Å². The number of esters is 1. The number of nitrogens with zero attached hydrogens (tertiary/aromatic N) is 1. The first kappa shape index (κ1) is 23.5. The topological polar surface area (TPSA) is 29.5 Å². The number of rotatable bonds is 6. The van der Waals surface area contributed by atoms with Gasteiger partial charge in [0.2, 0.25) is 0 Å². The first-order valence-electron chi connectivity index (χ1n) is 11.9. The van der Waals surface area contributed by atoms with E-state index in [9.17, 15) is 4.79 Å². The molecule has 1 aliphatic carbocycles. The number of benzene rings is 1. The molecule has 31 heavy (non-hydrogen) atoms. The molecule has 0 fully saturated rings. The van der Waals surface area contributed by atoms with Crippen LogP contribution in [0, 0.1) is 12.8 Å². The van der Waals surface area contributed by atoms with E-state index in [1.165, 1.54) is 11.1 Å². The van der Waals surface area contributed by atoms with Crippen LogP contribution in [0.4, 0.5) is 0 Å². The number of hydrogen-bond donors (Lipinski definition) is 0. The minimum atomic E-state index is -0.214. The van der Waals surface area contributed by atoms with Crippen molar-refractivity contribution in [3.8, 4) is 0 Å². The fourth-order valence-corrected chi connectivity index (χ4v) is 4.71. The van der Waals surface area contributed by atoms with Crippen LogP contribution in [0.25, 0.3) is 5.57 Å². The number of aryl methyl sites for hydroxylation is 1. The van der Waals surface area contributed by atoms with Gasteiger partial charge in [0, 0.05) is 19.1 Å². The molecule has 0 aromatic heterocycles. The number of allylic oxidation sites excluding steroid dienone is 3. The Hall–Kier alpha value is -2.13. The van der Waals surface area contributed by atoms with Crippen LogP contribution in [0.1, 0.15) is 69.7 Å². The quantitative estimate of drug-likeness (QED) is 0.413. The van der Waals surface area contributed by atoms with Gasteiger partial charge in [-0.1, -0.05) is 42.9 Å². The van der Waals surface area contributed by atoms with E-state index in [0.717, 1.165) is 66.6 Å². The Morgan fingerprint density at radius 2 is 1.84 bits per heavy atom. The number of carbonyl (C=O) groups excluding carboxylic acids is 1. The van der Waals surface area contributed by atoms with Gasteiger partial charge in [-0.2, -0.15) is 0 Å². The van der Waals surface area contributed by atoms with Crippen molar-refractivity contribution in [2.45, 2.75) is 73.3 Å². The fraction of sp³-hybridized carbons (Fsp3) is 0.536. The van der Waals surface area contributed by atoms with Crippen molar-refractivity contribution < 1.29 is 9.53 Å². The first-order chi connectivity index (χ1) is 14.8. The summed E-state index contributed by atoms with van der Waals surface area (Å²) in [6.45, 7) is 15.4. The van der Waals surface area contributed by atoms with Gasteiger partial charge in [-0.05, 0) is 94.0 Å². The molecule has 1 atom stereocenters. The molecule has 1 aromatic rings. The van der Waals surface area contributed by atoms with E-state index in [2.05, 4.69) is 63.0 Å². The summed E-state index contributed by atoms with van der Waals surface area (Å²) < 4.78 is 5.80. The molecule has 0 N–H and O–H groups in total. The highest BCUT2D eigenvalue weighted by Crippen LogP contribution is 2.29. The molecule has 168 valence electrons. The van der Waals surface area contributed by atoms with Crippen LogP contribution in [-0.2, 0) is 22.4 Å².